The summed E-state index contributed by atoms with van der Waals surface area (Å²) in [5.74, 6) is 0.903. The largest absolute Gasteiger partial charge is 0.496 e. The minimum atomic E-state index is 0.201. The van der Waals surface area contributed by atoms with Gasteiger partial charge in [0.25, 0.3) is 0 Å². The van der Waals surface area contributed by atoms with Crippen molar-refractivity contribution >= 4 is 11.8 Å². The first-order chi connectivity index (χ1) is 9.65. The fourth-order valence-electron chi connectivity index (χ4n) is 2.26. The first kappa shape index (κ1) is 14.9. The summed E-state index contributed by atoms with van der Waals surface area (Å²) in [6, 6.07) is 14.6. The van der Waals surface area contributed by atoms with Gasteiger partial charge in [-0.3, -0.25) is 0 Å². The van der Waals surface area contributed by atoms with Gasteiger partial charge < -0.3 is 10.5 Å². The summed E-state index contributed by atoms with van der Waals surface area (Å²) in [5.41, 5.74) is 9.72. The number of methoxy groups -OCH3 is 1. The van der Waals surface area contributed by atoms with Gasteiger partial charge in [-0.25, -0.2) is 0 Å². The van der Waals surface area contributed by atoms with Crippen LogP contribution in [-0.4, -0.2) is 13.7 Å². The number of aryl methyl sites for hydroxylation is 2. The molecule has 0 radical (unpaired) electrons. The number of hydrogen-bond acceptors (Lipinski definition) is 3. The highest BCUT2D eigenvalue weighted by atomic mass is 32.2. The van der Waals surface area contributed by atoms with Crippen LogP contribution in [0.1, 0.15) is 21.9 Å². The summed E-state index contributed by atoms with van der Waals surface area (Å²) >= 11 is 1.80. The quantitative estimate of drug-likeness (QED) is 0.841. The molecule has 0 amide bonds. The van der Waals surface area contributed by atoms with Crippen LogP contribution < -0.4 is 10.5 Å². The van der Waals surface area contributed by atoms with E-state index < -0.39 is 0 Å². The molecule has 0 bridgehead atoms. The summed E-state index contributed by atoms with van der Waals surface area (Å²) in [5, 5.41) is 0.201. The molecule has 1 unspecified atom stereocenters. The van der Waals surface area contributed by atoms with E-state index in [1.165, 1.54) is 16.0 Å². The van der Waals surface area contributed by atoms with E-state index in [0.29, 0.717) is 6.54 Å². The van der Waals surface area contributed by atoms with Crippen LogP contribution in [0.5, 0.6) is 5.75 Å². The summed E-state index contributed by atoms with van der Waals surface area (Å²) < 4.78 is 5.45. The zero-order chi connectivity index (χ0) is 14.5. The van der Waals surface area contributed by atoms with E-state index in [0.717, 1.165) is 11.3 Å². The van der Waals surface area contributed by atoms with Crippen molar-refractivity contribution in [3.8, 4) is 5.75 Å². The van der Waals surface area contributed by atoms with E-state index in [-0.39, 0.29) is 5.25 Å². The number of benzene rings is 2. The normalized spacial score (nSPS) is 12.2. The van der Waals surface area contributed by atoms with Gasteiger partial charge in [0.15, 0.2) is 0 Å². The SMILES string of the molecule is COc1ccccc1C(CN)Sc1ccc(C)cc1C. The topological polar surface area (TPSA) is 35.2 Å². The standard InChI is InChI=1S/C17H21NOS/c1-12-8-9-16(13(2)10-12)20-17(11-18)14-6-4-5-7-15(14)19-3/h4-10,17H,11,18H2,1-3H3. The van der Waals surface area contributed by atoms with Crippen molar-refractivity contribution in [2.24, 2.45) is 5.73 Å². The molecule has 106 valence electrons. The van der Waals surface area contributed by atoms with Gasteiger partial charge in [-0.15, -0.1) is 11.8 Å². The number of hydrogen-bond donors (Lipinski definition) is 1. The molecule has 2 aromatic rings. The van der Waals surface area contributed by atoms with Gasteiger partial charge in [-0.2, -0.15) is 0 Å². The van der Waals surface area contributed by atoms with Crippen LogP contribution in [0.4, 0.5) is 0 Å². The van der Waals surface area contributed by atoms with Gasteiger partial charge in [-0.05, 0) is 31.5 Å². The lowest BCUT2D eigenvalue weighted by atomic mass is 10.1. The maximum Gasteiger partial charge on any atom is 0.123 e. The van der Waals surface area contributed by atoms with E-state index in [9.17, 15) is 0 Å². The lowest BCUT2D eigenvalue weighted by Crippen LogP contribution is -2.10. The van der Waals surface area contributed by atoms with Gasteiger partial charge in [0.05, 0.1) is 12.4 Å². The van der Waals surface area contributed by atoms with Gasteiger partial charge in [0.2, 0.25) is 0 Å². The summed E-state index contributed by atoms with van der Waals surface area (Å²) in [6.45, 7) is 4.84. The van der Waals surface area contributed by atoms with Crippen molar-refractivity contribution in [3.63, 3.8) is 0 Å². The Morgan fingerprint density at radius 1 is 1.15 bits per heavy atom. The number of ether oxygens (including phenoxy) is 1. The zero-order valence-corrected chi connectivity index (χ0v) is 13.0. The molecule has 3 heteroatoms. The first-order valence-corrected chi connectivity index (χ1v) is 7.60. The molecule has 0 aliphatic rings. The third-order valence-corrected chi connectivity index (χ3v) is 4.74. The van der Waals surface area contributed by atoms with Gasteiger partial charge in [0.1, 0.15) is 5.75 Å². The van der Waals surface area contributed by atoms with Crippen molar-refractivity contribution in [1.29, 1.82) is 0 Å². The smallest absolute Gasteiger partial charge is 0.123 e. The molecule has 0 saturated heterocycles. The fraction of sp³-hybridized carbons (Fsp3) is 0.294. The van der Waals surface area contributed by atoms with Crippen LogP contribution in [0.15, 0.2) is 47.4 Å². The van der Waals surface area contributed by atoms with Crippen LogP contribution in [0, 0.1) is 13.8 Å². The molecule has 2 rings (SSSR count). The molecule has 0 spiro atoms. The van der Waals surface area contributed by atoms with E-state index in [1.807, 2.05) is 18.2 Å². The fourth-order valence-corrected chi connectivity index (χ4v) is 3.37. The molecular formula is C17H21NOS. The number of nitrogens with two attached hydrogens (primary N) is 1. The van der Waals surface area contributed by atoms with Crippen molar-refractivity contribution in [1.82, 2.24) is 0 Å². The Hall–Kier alpha value is -1.45. The predicted molar refractivity (Wildman–Crippen MR) is 86.6 cm³/mol. The summed E-state index contributed by atoms with van der Waals surface area (Å²) in [4.78, 5) is 1.27. The lowest BCUT2D eigenvalue weighted by Gasteiger charge is -2.19. The van der Waals surface area contributed by atoms with Crippen molar-refractivity contribution in [2.75, 3.05) is 13.7 Å². The minimum absolute atomic E-state index is 0.201. The van der Waals surface area contributed by atoms with E-state index in [2.05, 4.69) is 38.1 Å². The predicted octanol–water partition coefficient (Wildman–Crippen LogP) is 4.10. The Kier molecular flexibility index (Phi) is 5.10. The minimum Gasteiger partial charge on any atom is -0.496 e. The first-order valence-electron chi connectivity index (χ1n) is 6.72. The molecule has 2 aromatic carbocycles. The molecular weight excluding hydrogens is 266 g/mol. The Labute approximate surface area is 125 Å². The zero-order valence-electron chi connectivity index (χ0n) is 12.2. The van der Waals surface area contributed by atoms with E-state index in [1.54, 1.807) is 18.9 Å². The maximum absolute atomic E-state index is 5.98. The monoisotopic (exact) mass is 287 g/mol. The molecule has 0 aliphatic carbocycles. The molecule has 0 aromatic heterocycles. The average molecular weight is 287 g/mol. The maximum atomic E-state index is 5.98. The van der Waals surface area contributed by atoms with Crippen LogP contribution >= 0.6 is 11.8 Å². The second kappa shape index (κ2) is 6.82. The van der Waals surface area contributed by atoms with E-state index in [4.69, 9.17) is 10.5 Å². The second-order valence-corrected chi connectivity index (χ2v) is 6.10. The Bertz CT molecular complexity index is 583. The summed E-state index contributed by atoms with van der Waals surface area (Å²) in [7, 11) is 1.70. The van der Waals surface area contributed by atoms with E-state index >= 15 is 0 Å². The van der Waals surface area contributed by atoms with Crippen molar-refractivity contribution in [3.05, 3.63) is 59.2 Å². The third kappa shape index (κ3) is 3.35. The van der Waals surface area contributed by atoms with Crippen LogP contribution in [0.2, 0.25) is 0 Å². The number of para-hydroxylation sites is 1. The van der Waals surface area contributed by atoms with Crippen molar-refractivity contribution < 1.29 is 4.74 Å². The van der Waals surface area contributed by atoms with Crippen molar-refractivity contribution in [2.45, 2.75) is 24.0 Å². The molecule has 2 N–H and O–H groups in total. The third-order valence-electron chi connectivity index (χ3n) is 3.30. The number of thioether (sulfide) groups is 1. The molecule has 20 heavy (non-hydrogen) atoms. The molecule has 0 aliphatic heterocycles. The molecule has 1 atom stereocenters. The Morgan fingerprint density at radius 3 is 2.55 bits per heavy atom. The van der Waals surface area contributed by atoms with Crippen LogP contribution in [-0.2, 0) is 0 Å². The van der Waals surface area contributed by atoms with Crippen LogP contribution in [0.25, 0.3) is 0 Å². The molecule has 0 fully saturated rings. The second-order valence-electron chi connectivity index (χ2n) is 4.85. The highest BCUT2D eigenvalue weighted by molar-refractivity contribution is 7.99. The Morgan fingerprint density at radius 2 is 1.90 bits per heavy atom. The number of rotatable bonds is 5. The molecule has 2 nitrogen and oxygen atoms in total. The van der Waals surface area contributed by atoms with Gasteiger partial charge in [-0.1, -0.05) is 35.9 Å². The summed E-state index contributed by atoms with van der Waals surface area (Å²) in [6.07, 6.45) is 0. The van der Waals surface area contributed by atoms with Gasteiger partial charge in [0, 0.05) is 17.0 Å². The average Bonchev–Trinajstić information content (AvgIpc) is 2.46. The highest BCUT2D eigenvalue weighted by Gasteiger charge is 2.16. The van der Waals surface area contributed by atoms with Crippen LogP contribution in [0.3, 0.4) is 0 Å². The highest BCUT2D eigenvalue weighted by Crippen LogP contribution is 2.39. The lowest BCUT2D eigenvalue weighted by molar-refractivity contribution is 0.409. The Balaban J connectivity index is 2.29. The molecule has 0 heterocycles. The van der Waals surface area contributed by atoms with Gasteiger partial charge >= 0.3 is 0 Å². The molecule has 0 saturated carbocycles.